The average Bonchev–Trinajstić information content (AvgIpc) is 2.47. The Hall–Kier alpha value is -1.70. The Morgan fingerprint density at radius 2 is 2.05 bits per heavy atom. The van der Waals surface area contributed by atoms with Gasteiger partial charge in [-0.1, -0.05) is 0 Å². The molecular weight excluding hydrogens is 300 g/mol. The molecule has 8 heteroatoms. The lowest BCUT2D eigenvalue weighted by atomic mass is 10.0. The Balaban J connectivity index is 2.93. The summed E-state index contributed by atoms with van der Waals surface area (Å²) >= 11 is 5.67. The summed E-state index contributed by atoms with van der Waals surface area (Å²) in [5.74, 6) is -0.431. The van der Waals surface area contributed by atoms with Gasteiger partial charge in [0, 0.05) is 19.2 Å². The van der Waals surface area contributed by atoms with E-state index < -0.39 is 28.4 Å². The number of aliphatic hydroxyl groups is 1. The fraction of sp³-hybridized carbons (Fsp3) is 0.462. The molecule has 0 aliphatic rings. The van der Waals surface area contributed by atoms with Crippen LogP contribution in [0.4, 0.5) is 5.69 Å². The molecule has 21 heavy (non-hydrogen) atoms. The summed E-state index contributed by atoms with van der Waals surface area (Å²) in [7, 11) is 1.42. The average molecular weight is 317 g/mol. The molecule has 0 spiro atoms. The first-order chi connectivity index (χ1) is 9.90. The number of nitro benzene ring substituents is 1. The number of nitrogens with one attached hydrogen (secondary N) is 1. The van der Waals surface area contributed by atoms with Crippen LogP contribution in [0.1, 0.15) is 18.6 Å². The van der Waals surface area contributed by atoms with Gasteiger partial charge in [0.05, 0.1) is 17.6 Å². The van der Waals surface area contributed by atoms with E-state index in [0.29, 0.717) is 5.56 Å². The molecule has 0 fully saturated rings. The summed E-state index contributed by atoms with van der Waals surface area (Å²) in [6.07, 6.45) is -0.643. The third kappa shape index (κ3) is 4.66. The number of non-ortho nitro benzene ring substituents is 1. The molecule has 0 bridgehead atoms. The number of nitro groups is 1. The van der Waals surface area contributed by atoms with Gasteiger partial charge in [-0.3, -0.25) is 14.9 Å². The molecule has 0 saturated carbocycles. The van der Waals surface area contributed by atoms with Crippen molar-refractivity contribution in [3.63, 3.8) is 0 Å². The van der Waals surface area contributed by atoms with Crippen LogP contribution in [0.3, 0.4) is 0 Å². The summed E-state index contributed by atoms with van der Waals surface area (Å²) in [4.78, 5) is 21.7. The third-order valence-electron chi connectivity index (χ3n) is 2.94. The maximum Gasteiger partial charge on any atom is 0.269 e. The second kappa shape index (κ2) is 7.92. The van der Waals surface area contributed by atoms with E-state index in [1.165, 1.54) is 38.3 Å². The van der Waals surface area contributed by atoms with Crippen LogP contribution in [0.2, 0.25) is 0 Å². The number of methoxy groups -OCH3 is 1. The fourth-order valence-corrected chi connectivity index (χ4v) is 1.90. The molecule has 0 heterocycles. The number of hydrogen-bond acceptors (Lipinski definition) is 5. The lowest BCUT2D eigenvalue weighted by Gasteiger charge is -2.26. The summed E-state index contributed by atoms with van der Waals surface area (Å²) in [6, 6.07) is 5.00. The predicted octanol–water partition coefficient (Wildman–Crippen LogP) is 1.39. The van der Waals surface area contributed by atoms with Crippen LogP contribution in [0, 0.1) is 10.1 Å². The van der Waals surface area contributed by atoms with Crippen LogP contribution < -0.4 is 5.32 Å². The molecule has 7 nitrogen and oxygen atoms in total. The monoisotopic (exact) mass is 316 g/mol. The van der Waals surface area contributed by atoms with Crippen LogP contribution >= 0.6 is 11.6 Å². The second-order valence-electron chi connectivity index (χ2n) is 4.42. The molecule has 0 aliphatic heterocycles. The van der Waals surface area contributed by atoms with E-state index in [2.05, 4.69) is 5.32 Å². The highest BCUT2D eigenvalue weighted by Crippen LogP contribution is 2.23. The van der Waals surface area contributed by atoms with Crippen LogP contribution in [0.5, 0.6) is 0 Å². The molecule has 116 valence electrons. The van der Waals surface area contributed by atoms with Gasteiger partial charge in [0.2, 0.25) is 5.91 Å². The zero-order valence-electron chi connectivity index (χ0n) is 11.7. The zero-order valence-corrected chi connectivity index (χ0v) is 12.4. The van der Waals surface area contributed by atoms with Gasteiger partial charge < -0.3 is 15.2 Å². The molecular formula is C13H17ClN2O5. The van der Waals surface area contributed by atoms with E-state index in [4.69, 9.17) is 16.3 Å². The number of alkyl halides is 1. The zero-order chi connectivity index (χ0) is 16.0. The van der Waals surface area contributed by atoms with Crippen LogP contribution in [-0.2, 0) is 9.53 Å². The molecule has 3 atom stereocenters. The first kappa shape index (κ1) is 17.4. The predicted molar refractivity (Wildman–Crippen MR) is 77.2 cm³/mol. The van der Waals surface area contributed by atoms with Gasteiger partial charge in [-0.2, -0.15) is 0 Å². The number of amides is 1. The van der Waals surface area contributed by atoms with Crippen molar-refractivity contribution in [2.45, 2.75) is 24.4 Å². The molecule has 3 unspecified atom stereocenters. The number of halogens is 1. The van der Waals surface area contributed by atoms with Crippen molar-refractivity contribution in [2.24, 2.45) is 0 Å². The van der Waals surface area contributed by atoms with Crippen LogP contribution in [0.25, 0.3) is 0 Å². The first-order valence-electron chi connectivity index (χ1n) is 6.23. The van der Waals surface area contributed by atoms with Crippen molar-refractivity contribution in [3.05, 3.63) is 39.9 Å². The minimum Gasteiger partial charge on any atom is -0.394 e. The molecule has 1 aromatic rings. The molecule has 0 saturated heterocycles. The van der Waals surface area contributed by atoms with Gasteiger partial charge in [-0.25, -0.2) is 0 Å². The number of nitrogens with zero attached hydrogens (tertiary/aromatic N) is 1. The number of benzene rings is 1. The number of rotatable bonds is 7. The van der Waals surface area contributed by atoms with Gasteiger partial charge in [-0.05, 0) is 24.6 Å². The first-order valence-corrected chi connectivity index (χ1v) is 6.66. The number of carbonyl (C=O) groups is 1. The minimum absolute atomic E-state index is 0.0485. The van der Waals surface area contributed by atoms with Gasteiger partial charge in [0.15, 0.2) is 0 Å². The maximum atomic E-state index is 11.6. The summed E-state index contributed by atoms with van der Waals surface area (Å²) in [6.45, 7) is 1.16. The van der Waals surface area contributed by atoms with Gasteiger partial charge >= 0.3 is 0 Å². The van der Waals surface area contributed by atoms with Crippen molar-refractivity contribution in [1.82, 2.24) is 5.32 Å². The normalized spacial score (nSPS) is 15.0. The molecule has 1 aromatic carbocycles. The van der Waals surface area contributed by atoms with Gasteiger partial charge in [0.1, 0.15) is 11.5 Å². The highest BCUT2D eigenvalue weighted by Gasteiger charge is 2.26. The van der Waals surface area contributed by atoms with E-state index in [1.54, 1.807) is 0 Å². The third-order valence-corrected chi connectivity index (χ3v) is 3.14. The number of hydrogen-bond donors (Lipinski definition) is 2. The highest BCUT2D eigenvalue weighted by molar-refractivity contribution is 6.30. The Bertz CT molecular complexity index is 492. The Morgan fingerprint density at radius 1 is 1.48 bits per heavy atom. The summed E-state index contributed by atoms with van der Waals surface area (Å²) in [5, 5.41) is 21.9. The molecule has 1 amide bonds. The van der Waals surface area contributed by atoms with Crippen molar-refractivity contribution in [3.8, 4) is 0 Å². The Kier molecular flexibility index (Phi) is 6.54. The van der Waals surface area contributed by atoms with Crippen molar-refractivity contribution < 1.29 is 19.6 Å². The number of aliphatic hydroxyl groups excluding tert-OH is 1. The van der Waals surface area contributed by atoms with Crippen LogP contribution in [0.15, 0.2) is 24.3 Å². The van der Waals surface area contributed by atoms with Crippen LogP contribution in [-0.4, -0.2) is 41.1 Å². The Labute approximate surface area is 127 Å². The number of carbonyl (C=O) groups excluding carboxylic acids is 1. The van der Waals surface area contributed by atoms with E-state index in [0.717, 1.165) is 0 Å². The molecule has 0 radical (unpaired) electrons. The lowest BCUT2D eigenvalue weighted by molar-refractivity contribution is -0.384. The molecule has 0 aromatic heterocycles. The maximum absolute atomic E-state index is 11.6. The van der Waals surface area contributed by atoms with E-state index in [9.17, 15) is 20.0 Å². The smallest absolute Gasteiger partial charge is 0.269 e. The van der Waals surface area contributed by atoms with Gasteiger partial charge in [0.25, 0.3) is 5.69 Å². The van der Waals surface area contributed by atoms with E-state index in [-0.39, 0.29) is 12.3 Å². The second-order valence-corrected chi connectivity index (χ2v) is 5.07. The largest absolute Gasteiger partial charge is 0.394 e. The molecule has 1 rings (SSSR count). The SMILES string of the molecule is COC(c1ccc([N+](=O)[O-])cc1)C(CO)NC(=O)C(C)Cl. The van der Waals surface area contributed by atoms with Gasteiger partial charge in [-0.15, -0.1) is 11.6 Å². The molecule has 2 N–H and O–H groups in total. The standard InChI is InChI=1S/C13H17ClN2O5/c1-8(14)13(18)15-11(7-17)12(21-2)9-3-5-10(6-4-9)16(19)20/h3-6,8,11-12,17H,7H2,1-2H3,(H,15,18). The Morgan fingerprint density at radius 3 is 2.43 bits per heavy atom. The molecule has 0 aliphatic carbocycles. The summed E-state index contributed by atoms with van der Waals surface area (Å²) in [5.41, 5.74) is 0.553. The van der Waals surface area contributed by atoms with E-state index >= 15 is 0 Å². The van der Waals surface area contributed by atoms with E-state index in [1.807, 2.05) is 0 Å². The quantitative estimate of drug-likeness (QED) is 0.449. The lowest BCUT2D eigenvalue weighted by Crippen LogP contribution is -2.45. The number of ether oxygens (including phenoxy) is 1. The minimum atomic E-state index is -0.742. The highest BCUT2D eigenvalue weighted by atomic mass is 35.5. The van der Waals surface area contributed by atoms with Crippen molar-refractivity contribution in [1.29, 1.82) is 0 Å². The summed E-state index contributed by atoms with van der Waals surface area (Å²) < 4.78 is 5.28. The van der Waals surface area contributed by atoms with Crippen molar-refractivity contribution >= 4 is 23.2 Å². The topological polar surface area (TPSA) is 102 Å². The fourth-order valence-electron chi connectivity index (χ4n) is 1.83. The van der Waals surface area contributed by atoms with Crippen molar-refractivity contribution in [2.75, 3.05) is 13.7 Å².